The monoisotopic (exact) mass is 650 g/mol. The molecule has 3 aromatic carbocycles. The number of H-pyrrole nitrogens is 1. The summed E-state index contributed by atoms with van der Waals surface area (Å²) in [6, 6.07) is 22.3. The number of fused-ring (bicyclic) bond motifs is 1. The third-order valence-corrected chi connectivity index (χ3v) is 10.5. The molecule has 2 N–H and O–H groups in total. The predicted molar refractivity (Wildman–Crippen MR) is 177 cm³/mol. The number of hydrogen-bond acceptors (Lipinski definition) is 5. The predicted octanol–water partition coefficient (Wildman–Crippen LogP) is 6.88. The molecule has 44 heavy (non-hydrogen) atoms. The Hall–Kier alpha value is -3.01. The van der Waals surface area contributed by atoms with Crippen LogP contribution in [0.15, 0.2) is 83.9 Å². The van der Waals surface area contributed by atoms with Crippen molar-refractivity contribution in [3.63, 3.8) is 0 Å². The van der Waals surface area contributed by atoms with Gasteiger partial charge in [0.1, 0.15) is 4.75 Å². The number of aromatic nitrogens is 1. The van der Waals surface area contributed by atoms with Gasteiger partial charge in [-0.1, -0.05) is 59.6 Å². The van der Waals surface area contributed by atoms with Gasteiger partial charge in [-0.15, -0.1) is 11.8 Å². The van der Waals surface area contributed by atoms with Gasteiger partial charge in [0.25, 0.3) is 0 Å². The molecule has 3 atom stereocenters. The Kier molecular flexibility index (Phi) is 9.54. The number of benzene rings is 3. The van der Waals surface area contributed by atoms with Crippen LogP contribution in [0.4, 0.5) is 0 Å². The maximum Gasteiger partial charge on any atom is 0.239 e. The van der Waals surface area contributed by atoms with Crippen LogP contribution in [-0.2, 0) is 14.3 Å². The normalized spacial score (nSPS) is 21.6. The van der Waals surface area contributed by atoms with Crippen molar-refractivity contribution in [1.82, 2.24) is 20.1 Å². The van der Waals surface area contributed by atoms with Gasteiger partial charge in [-0.2, -0.15) is 0 Å². The Morgan fingerprint density at radius 1 is 1.07 bits per heavy atom. The van der Waals surface area contributed by atoms with Crippen LogP contribution >= 0.6 is 35.0 Å². The largest absolute Gasteiger partial charge is 0.379 e. The van der Waals surface area contributed by atoms with Crippen molar-refractivity contribution in [2.45, 2.75) is 41.5 Å². The van der Waals surface area contributed by atoms with E-state index in [1.807, 2.05) is 90.8 Å². The number of nitrogens with one attached hydrogen (secondary N) is 2. The summed E-state index contributed by atoms with van der Waals surface area (Å²) in [6.45, 7) is 6.71. The molecule has 0 unspecified atom stereocenters. The van der Waals surface area contributed by atoms with Gasteiger partial charge in [0.05, 0.1) is 31.7 Å². The Balaban J connectivity index is 1.41. The van der Waals surface area contributed by atoms with Crippen LogP contribution in [0.3, 0.4) is 0 Å². The standard InChI is InChI=1S/C34H36Cl2N4O3S/c1-23(24-8-10-25(35)11-9-24)40-31(41)21-34(44-27-6-3-2-4-7-27,33(42)37-14-5-15-39-16-18-43-19-17-39)32(40)29-22-38-30-20-26(36)12-13-28(29)30/h2-4,6-13,20,22-23,32,38H,5,14-19,21H2,1H3,(H,37,42)/t23-,32+,34+/m1/s1. The molecular formula is C34H36Cl2N4O3S. The molecule has 6 rings (SSSR count). The molecule has 2 saturated heterocycles. The second-order valence-corrected chi connectivity index (χ2v) is 13.7. The number of amides is 2. The van der Waals surface area contributed by atoms with Gasteiger partial charge in [0.15, 0.2) is 0 Å². The third-order valence-electron chi connectivity index (χ3n) is 8.63. The van der Waals surface area contributed by atoms with E-state index in [1.54, 1.807) is 0 Å². The average Bonchev–Trinajstić information content (AvgIpc) is 3.57. The summed E-state index contributed by atoms with van der Waals surface area (Å²) in [5.74, 6) is -0.214. The van der Waals surface area contributed by atoms with Crippen molar-refractivity contribution in [2.75, 3.05) is 39.4 Å². The summed E-state index contributed by atoms with van der Waals surface area (Å²) < 4.78 is 4.34. The molecule has 4 aromatic rings. The number of nitrogens with zero attached hydrogens (tertiary/aromatic N) is 2. The first-order chi connectivity index (χ1) is 21.4. The molecule has 0 radical (unpaired) electrons. The summed E-state index contributed by atoms with van der Waals surface area (Å²) in [5.41, 5.74) is 2.69. The second-order valence-electron chi connectivity index (χ2n) is 11.4. The van der Waals surface area contributed by atoms with Crippen LogP contribution < -0.4 is 5.32 Å². The molecule has 1 aromatic heterocycles. The van der Waals surface area contributed by atoms with Crippen LogP contribution in [-0.4, -0.2) is 70.7 Å². The van der Waals surface area contributed by atoms with E-state index in [0.29, 0.717) is 16.6 Å². The zero-order chi connectivity index (χ0) is 30.7. The molecule has 10 heteroatoms. The fourth-order valence-corrected chi connectivity index (χ4v) is 8.12. The number of ether oxygens (including phenoxy) is 1. The minimum absolute atomic E-state index is 0.0602. The van der Waals surface area contributed by atoms with Crippen molar-refractivity contribution in [3.05, 3.63) is 100 Å². The highest BCUT2D eigenvalue weighted by molar-refractivity contribution is 8.01. The zero-order valence-corrected chi connectivity index (χ0v) is 26.9. The van der Waals surface area contributed by atoms with E-state index in [-0.39, 0.29) is 24.3 Å². The fraction of sp³-hybridized carbons (Fsp3) is 0.353. The number of rotatable bonds is 10. The highest BCUT2D eigenvalue weighted by atomic mass is 35.5. The SMILES string of the molecule is C[C@H](c1ccc(Cl)cc1)N1C(=O)C[C@@](Sc2ccccc2)(C(=O)NCCCN2CCOCC2)[C@@H]1c1c[nH]c2cc(Cl)ccc12. The van der Waals surface area contributed by atoms with Crippen molar-refractivity contribution in [3.8, 4) is 0 Å². The van der Waals surface area contributed by atoms with Gasteiger partial charge < -0.3 is 19.9 Å². The molecule has 0 aliphatic carbocycles. The van der Waals surface area contributed by atoms with Crippen LogP contribution in [0.5, 0.6) is 0 Å². The molecule has 0 spiro atoms. The Bertz CT molecular complexity index is 1610. The maximum atomic E-state index is 14.6. The molecule has 2 fully saturated rings. The van der Waals surface area contributed by atoms with Crippen LogP contribution in [0, 0.1) is 0 Å². The number of carbonyl (C=O) groups excluding carboxylic acids is 2. The molecular weight excluding hydrogens is 615 g/mol. The van der Waals surface area contributed by atoms with Crippen molar-refractivity contribution in [2.24, 2.45) is 0 Å². The topological polar surface area (TPSA) is 77.7 Å². The molecule has 0 saturated carbocycles. The van der Waals surface area contributed by atoms with Gasteiger partial charge in [0, 0.05) is 57.2 Å². The van der Waals surface area contributed by atoms with Gasteiger partial charge in [-0.05, 0) is 61.9 Å². The van der Waals surface area contributed by atoms with E-state index in [0.717, 1.165) is 66.2 Å². The lowest BCUT2D eigenvalue weighted by Crippen LogP contribution is -2.49. The van der Waals surface area contributed by atoms with E-state index in [4.69, 9.17) is 27.9 Å². The van der Waals surface area contributed by atoms with Crippen LogP contribution in [0.2, 0.25) is 10.0 Å². The first-order valence-corrected chi connectivity index (χ1v) is 16.6. The second kappa shape index (κ2) is 13.5. The molecule has 2 aliphatic rings. The molecule has 2 aliphatic heterocycles. The highest BCUT2D eigenvalue weighted by Crippen LogP contribution is 2.56. The Morgan fingerprint density at radius 3 is 2.55 bits per heavy atom. The molecule has 3 heterocycles. The van der Waals surface area contributed by atoms with E-state index >= 15 is 0 Å². The minimum Gasteiger partial charge on any atom is -0.379 e. The lowest BCUT2D eigenvalue weighted by Gasteiger charge is -2.39. The number of halogens is 2. The number of hydrogen-bond donors (Lipinski definition) is 2. The van der Waals surface area contributed by atoms with E-state index in [9.17, 15) is 9.59 Å². The Labute approximate surface area is 272 Å². The smallest absolute Gasteiger partial charge is 0.239 e. The number of likely N-dealkylation sites (tertiary alicyclic amines) is 1. The molecule has 230 valence electrons. The van der Waals surface area contributed by atoms with Gasteiger partial charge in [-0.25, -0.2) is 0 Å². The van der Waals surface area contributed by atoms with Crippen molar-refractivity contribution >= 4 is 57.7 Å². The summed E-state index contributed by atoms with van der Waals surface area (Å²) in [5, 5.41) is 5.43. The highest BCUT2D eigenvalue weighted by Gasteiger charge is 2.59. The molecule has 2 amide bonds. The first-order valence-electron chi connectivity index (χ1n) is 15.0. The summed E-state index contributed by atoms with van der Waals surface area (Å²) in [7, 11) is 0. The van der Waals surface area contributed by atoms with Crippen LogP contribution in [0.25, 0.3) is 10.9 Å². The van der Waals surface area contributed by atoms with Crippen LogP contribution in [0.1, 0.15) is 43.0 Å². The van der Waals surface area contributed by atoms with E-state index < -0.39 is 10.8 Å². The minimum atomic E-state index is -1.13. The van der Waals surface area contributed by atoms with E-state index in [1.165, 1.54) is 11.8 Å². The zero-order valence-electron chi connectivity index (χ0n) is 24.6. The first kappa shape index (κ1) is 31.0. The van der Waals surface area contributed by atoms with Gasteiger partial charge >= 0.3 is 0 Å². The summed E-state index contributed by atoms with van der Waals surface area (Å²) >= 11 is 14.0. The molecule has 0 bridgehead atoms. The molecule has 7 nitrogen and oxygen atoms in total. The lowest BCUT2D eigenvalue weighted by molar-refractivity contribution is -0.131. The maximum absolute atomic E-state index is 14.6. The third kappa shape index (κ3) is 6.37. The fourth-order valence-electron chi connectivity index (χ4n) is 6.39. The van der Waals surface area contributed by atoms with Gasteiger partial charge in [0.2, 0.25) is 11.8 Å². The summed E-state index contributed by atoms with van der Waals surface area (Å²) in [4.78, 5) is 37.4. The van der Waals surface area contributed by atoms with Gasteiger partial charge in [-0.3, -0.25) is 14.5 Å². The average molecular weight is 652 g/mol. The van der Waals surface area contributed by atoms with Crippen molar-refractivity contribution < 1.29 is 14.3 Å². The Morgan fingerprint density at radius 2 is 1.80 bits per heavy atom. The quantitative estimate of drug-likeness (QED) is 0.183. The van der Waals surface area contributed by atoms with E-state index in [2.05, 4.69) is 15.2 Å². The summed E-state index contributed by atoms with van der Waals surface area (Å²) in [6.07, 6.45) is 2.80. The van der Waals surface area contributed by atoms with Crippen molar-refractivity contribution in [1.29, 1.82) is 0 Å². The number of morpholine rings is 1. The number of carbonyl (C=O) groups is 2. The lowest BCUT2D eigenvalue weighted by atomic mass is 9.90. The number of aromatic amines is 1. The number of thioether (sulfide) groups is 1.